The molecule has 33 heavy (non-hydrogen) atoms. The van der Waals surface area contributed by atoms with Crippen molar-refractivity contribution in [3.8, 4) is 5.69 Å². The van der Waals surface area contributed by atoms with Crippen LogP contribution < -0.4 is 16.2 Å². The Hall–Kier alpha value is -4.36. The average molecular weight is 457 g/mol. The summed E-state index contributed by atoms with van der Waals surface area (Å²) in [4.78, 5) is 41.3. The molecule has 5 rings (SSSR count). The van der Waals surface area contributed by atoms with Crippen LogP contribution in [0.25, 0.3) is 17.3 Å². The van der Waals surface area contributed by atoms with E-state index in [2.05, 4.69) is 15.6 Å². The molecule has 2 aromatic carbocycles. The minimum atomic E-state index is -0.553. The van der Waals surface area contributed by atoms with Crippen molar-refractivity contribution < 1.29 is 9.59 Å². The maximum atomic E-state index is 12.9. The maximum absolute atomic E-state index is 12.9. The Morgan fingerprint density at radius 3 is 2.67 bits per heavy atom. The number of carbonyl (C=O) groups is 2. The molecule has 3 N–H and O–H groups in total. The van der Waals surface area contributed by atoms with E-state index in [0.717, 1.165) is 11.3 Å². The molecule has 7 nitrogen and oxygen atoms in total. The first kappa shape index (κ1) is 20.5. The molecule has 0 saturated heterocycles. The van der Waals surface area contributed by atoms with Crippen LogP contribution in [0.2, 0.25) is 5.02 Å². The van der Waals surface area contributed by atoms with Crippen LogP contribution in [0.15, 0.2) is 83.9 Å². The molecule has 2 amide bonds. The fourth-order valence-electron chi connectivity index (χ4n) is 3.70. The van der Waals surface area contributed by atoms with Gasteiger partial charge >= 0.3 is 0 Å². The van der Waals surface area contributed by atoms with Crippen molar-refractivity contribution in [2.24, 2.45) is 0 Å². The van der Waals surface area contributed by atoms with Crippen LogP contribution in [-0.2, 0) is 4.79 Å². The van der Waals surface area contributed by atoms with E-state index in [0.29, 0.717) is 27.7 Å². The topological polar surface area (TPSA) is 96.0 Å². The third kappa shape index (κ3) is 3.97. The molecule has 0 fully saturated rings. The fraction of sp³-hybridized carbons (Fsp3) is 0. The van der Waals surface area contributed by atoms with Gasteiger partial charge in [0.15, 0.2) is 0 Å². The highest BCUT2D eigenvalue weighted by Crippen LogP contribution is 2.35. The summed E-state index contributed by atoms with van der Waals surface area (Å²) in [5.41, 5.74) is 3.18. The first-order valence-electron chi connectivity index (χ1n) is 10.1. The van der Waals surface area contributed by atoms with Crippen molar-refractivity contribution in [1.82, 2.24) is 9.55 Å². The second kappa shape index (κ2) is 8.29. The lowest BCUT2D eigenvalue weighted by atomic mass is 10.1. The smallest absolute Gasteiger partial charge is 0.267 e. The second-order valence-corrected chi connectivity index (χ2v) is 7.87. The van der Waals surface area contributed by atoms with E-state index in [1.54, 1.807) is 67.0 Å². The number of benzene rings is 2. The number of nitrogens with zero attached hydrogens (tertiary/aromatic N) is 1. The lowest BCUT2D eigenvalue weighted by molar-refractivity contribution is -0.110. The van der Waals surface area contributed by atoms with Crippen LogP contribution >= 0.6 is 11.6 Å². The van der Waals surface area contributed by atoms with E-state index in [-0.39, 0.29) is 11.5 Å². The quantitative estimate of drug-likeness (QED) is 0.393. The van der Waals surface area contributed by atoms with Crippen molar-refractivity contribution in [2.45, 2.75) is 0 Å². The van der Waals surface area contributed by atoms with E-state index in [1.807, 2.05) is 12.1 Å². The molecule has 3 heterocycles. The first-order valence-corrected chi connectivity index (χ1v) is 10.5. The molecule has 162 valence electrons. The van der Waals surface area contributed by atoms with E-state index in [1.165, 1.54) is 10.6 Å². The molecule has 0 spiro atoms. The molecule has 8 heteroatoms. The van der Waals surface area contributed by atoms with Gasteiger partial charge in [0, 0.05) is 34.4 Å². The highest BCUT2D eigenvalue weighted by Gasteiger charge is 2.25. The van der Waals surface area contributed by atoms with Crippen molar-refractivity contribution in [3.63, 3.8) is 0 Å². The molecule has 2 aromatic heterocycles. The van der Waals surface area contributed by atoms with Crippen LogP contribution in [0.4, 0.5) is 11.4 Å². The lowest BCUT2D eigenvalue weighted by Gasteiger charge is -2.10. The van der Waals surface area contributed by atoms with Crippen LogP contribution in [0.3, 0.4) is 0 Å². The molecular formula is C25H17ClN4O3. The Bertz CT molecular complexity index is 1490. The van der Waals surface area contributed by atoms with Crippen molar-refractivity contribution in [3.05, 3.63) is 111 Å². The van der Waals surface area contributed by atoms with Crippen LogP contribution in [-0.4, -0.2) is 21.4 Å². The zero-order chi connectivity index (χ0) is 22.9. The van der Waals surface area contributed by atoms with Gasteiger partial charge in [-0.15, -0.1) is 0 Å². The van der Waals surface area contributed by atoms with Gasteiger partial charge in [-0.1, -0.05) is 23.7 Å². The van der Waals surface area contributed by atoms with E-state index >= 15 is 0 Å². The third-order valence-corrected chi connectivity index (χ3v) is 5.50. The molecule has 4 aromatic rings. The molecule has 0 atom stereocenters. The number of carbonyl (C=O) groups excluding carboxylic acids is 2. The number of amides is 2. The number of aromatic amines is 1. The molecule has 0 aliphatic carbocycles. The molecule has 0 radical (unpaired) electrons. The molecule has 0 saturated carbocycles. The minimum absolute atomic E-state index is 0.0191. The number of rotatable bonds is 4. The molecular weight excluding hydrogens is 440 g/mol. The Kier molecular flexibility index (Phi) is 5.16. The molecule has 0 bridgehead atoms. The predicted molar refractivity (Wildman–Crippen MR) is 129 cm³/mol. The Morgan fingerprint density at radius 1 is 1.00 bits per heavy atom. The fourth-order valence-corrected chi connectivity index (χ4v) is 3.88. The van der Waals surface area contributed by atoms with Gasteiger partial charge in [0.25, 0.3) is 17.4 Å². The predicted octanol–water partition coefficient (Wildman–Crippen LogP) is 4.56. The summed E-state index contributed by atoms with van der Waals surface area (Å²) in [5, 5.41) is 6.03. The van der Waals surface area contributed by atoms with Crippen LogP contribution in [0.1, 0.15) is 21.6 Å². The molecule has 1 aliphatic rings. The zero-order valence-corrected chi connectivity index (χ0v) is 17.9. The van der Waals surface area contributed by atoms with Gasteiger partial charge < -0.3 is 15.6 Å². The monoisotopic (exact) mass is 456 g/mol. The van der Waals surface area contributed by atoms with Gasteiger partial charge in [0.05, 0.1) is 16.9 Å². The molecule has 1 aliphatic heterocycles. The van der Waals surface area contributed by atoms with Gasteiger partial charge in [0.2, 0.25) is 0 Å². The first-order chi connectivity index (χ1) is 16.0. The number of anilines is 2. The number of hydrogen-bond donors (Lipinski definition) is 3. The SMILES string of the molecule is O=C1Nc2cc(NC(=O)c3cccn(-c4cccc(Cl)c4)c3=O)ccc2/C1=C/c1ccc[nH]1. The summed E-state index contributed by atoms with van der Waals surface area (Å²) in [6.07, 6.45) is 5.12. The Balaban J connectivity index is 1.42. The van der Waals surface area contributed by atoms with Crippen molar-refractivity contribution >= 4 is 46.4 Å². The van der Waals surface area contributed by atoms with Gasteiger partial charge in [0.1, 0.15) is 5.56 Å². The van der Waals surface area contributed by atoms with Gasteiger partial charge in [-0.25, -0.2) is 0 Å². The summed E-state index contributed by atoms with van der Waals surface area (Å²) >= 11 is 6.03. The summed E-state index contributed by atoms with van der Waals surface area (Å²) in [6.45, 7) is 0. The van der Waals surface area contributed by atoms with Crippen molar-refractivity contribution in [1.29, 1.82) is 0 Å². The third-order valence-electron chi connectivity index (χ3n) is 5.26. The second-order valence-electron chi connectivity index (χ2n) is 7.43. The Morgan fingerprint density at radius 2 is 1.88 bits per heavy atom. The highest BCUT2D eigenvalue weighted by atomic mass is 35.5. The number of fused-ring (bicyclic) bond motifs is 1. The minimum Gasteiger partial charge on any atom is -0.362 e. The Labute approximate surface area is 193 Å². The number of halogens is 1. The summed E-state index contributed by atoms with van der Waals surface area (Å²) < 4.78 is 1.36. The summed E-state index contributed by atoms with van der Waals surface area (Å²) in [6, 6.07) is 18.7. The lowest BCUT2D eigenvalue weighted by Crippen LogP contribution is -2.27. The zero-order valence-electron chi connectivity index (χ0n) is 17.1. The van der Waals surface area contributed by atoms with E-state index < -0.39 is 11.5 Å². The van der Waals surface area contributed by atoms with Crippen molar-refractivity contribution in [2.75, 3.05) is 10.6 Å². The number of pyridine rings is 1. The summed E-state index contributed by atoms with van der Waals surface area (Å²) in [7, 11) is 0. The van der Waals surface area contributed by atoms with Gasteiger partial charge in [-0.05, 0) is 60.7 Å². The van der Waals surface area contributed by atoms with E-state index in [4.69, 9.17) is 11.6 Å². The van der Waals surface area contributed by atoms with E-state index in [9.17, 15) is 14.4 Å². The number of aromatic nitrogens is 2. The normalized spacial score (nSPS) is 13.6. The number of hydrogen-bond acceptors (Lipinski definition) is 3. The van der Waals surface area contributed by atoms with Gasteiger partial charge in [-0.2, -0.15) is 0 Å². The van der Waals surface area contributed by atoms with Crippen LogP contribution in [0.5, 0.6) is 0 Å². The van der Waals surface area contributed by atoms with Crippen LogP contribution in [0, 0.1) is 0 Å². The standard InChI is InChI=1S/C25H17ClN4O3/c26-15-4-1-6-18(12-15)30-11-3-7-20(25(30)33)23(31)28-17-8-9-19-21(13-16-5-2-10-27-16)24(32)29-22(19)14-17/h1-14,27H,(H,28,31)(H,29,32)/b21-13-. The summed E-state index contributed by atoms with van der Waals surface area (Å²) in [5.74, 6) is -0.779. The number of nitrogens with one attached hydrogen (secondary N) is 3. The van der Waals surface area contributed by atoms with Gasteiger partial charge in [-0.3, -0.25) is 19.0 Å². The maximum Gasteiger partial charge on any atom is 0.267 e. The largest absolute Gasteiger partial charge is 0.362 e. The highest BCUT2D eigenvalue weighted by molar-refractivity contribution is 6.35. The average Bonchev–Trinajstić information content (AvgIpc) is 3.41. The molecule has 0 unspecified atom stereocenters. The number of H-pyrrole nitrogens is 1.